The van der Waals surface area contributed by atoms with Crippen molar-refractivity contribution in [1.29, 1.82) is 0 Å². The number of nitro groups is 1. The number of aliphatic hydroxyl groups is 1. The molecule has 7 nitrogen and oxygen atoms in total. The molecule has 0 spiro atoms. The Balaban J connectivity index is 1.90. The molecule has 1 aliphatic rings. The summed E-state index contributed by atoms with van der Waals surface area (Å²) in [4.78, 5) is 17.3. The van der Waals surface area contributed by atoms with Gasteiger partial charge in [0.15, 0.2) is 5.69 Å². The summed E-state index contributed by atoms with van der Waals surface area (Å²) < 4.78 is 1.50. The Morgan fingerprint density at radius 1 is 1.52 bits per heavy atom. The average Bonchev–Trinajstić information content (AvgIpc) is 2.80. The fourth-order valence-electron chi connectivity index (χ4n) is 2.80. The van der Waals surface area contributed by atoms with Gasteiger partial charge in [0.05, 0.1) is 12.3 Å². The van der Waals surface area contributed by atoms with Gasteiger partial charge < -0.3 is 15.2 Å². The van der Waals surface area contributed by atoms with Crippen molar-refractivity contribution in [2.45, 2.75) is 26.0 Å². The van der Waals surface area contributed by atoms with Gasteiger partial charge in [0, 0.05) is 19.2 Å². The lowest BCUT2D eigenvalue weighted by atomic mass is 9.96. The highest BCUT2D eigenvalue weighted by Crippen LogP contribution is 2.24. The minimum Gasteiger partial charge on any atom is -0.392 e. The molecular formula is C14H18N4O3. The predicted octanol–water partition coefficient (Wildman–Crippen LogP) is 1.45. The third-order valence-corrected chi connectivity index (χ3v) is 4.12. The second-order valence-electron chi connectivity index (χ2n) is 5.64. The minimum atomic E-state index is -0.391. The quantitative estimate of drug-likeness (QED) is 0.683. The number of hydrogen-bond acceptors (Lipinski definition) is 5. The van der Waals surface area contributed by atoms with Crippen LogP contribution < -0.4 is 0 Å². The number of imidazole rings is 1. The summed E-state index contributed by atoms with van der Waals surface area (Å²) >= 11 is 0. The first-order valence-electron chi connectivity index (χ1n) is 7.07. The lowest BCUT2D eigenvalue weighted by Gasteiger charge is -2.33. The second-order valence-corrected chi connectivity index (χ2v) is 5.64. The van der Waals surface area contributed by atoms with Gasteiger partial charge in [-0.2, -0.15) is 4.40 Å². The maximum Gasteiger partial charge on any atom is 0.352 e. The van der Waals surface area contributed by atoms with Gasteiger partial charge in [-0.05, 0) is 29.9 Å². The van der Waals surface area contributed by atoms with Gasteiger partial charge in [-0.1, -0.05) is 13.0 Å². The van der Waals surface area contributed by atoms with Gasteiger partial charge in [-0.3, -0.25) is 4.90 Å². The number of β-amino-alcohol motifs (C(OH)–C–C–N with tert-alkyl or cyclic N) is 1. The number of piperidine rings is 1. The van der Waals surface area contributed by atoms with E-state index < -0.39 is 4.92 Å². The first-order chi connectivity index (χ1) is 10.1. The Morgan fingerprint density at radius 3 is 3.05 bits per heavy atom. The van der Waals surface area contributed by atoms with Crippen molar-refractivity contribution in [2.75, 3.05) is 13.1 Å². The molecule has 1 aliphatic heterocycles. The number of fused-ring (bicyclic) bond motifs is 1. The number of rotatable bonds is 3. The monoisotopic (exact) mass is 290 g/mol. The highest BCUT2D eigenvalue weighted by atomic mass is 16.6. The summed E-state index contributed by atoms with van der Waals surface area (Å²) in [6.45, 7) is 3.77. The van der Waals surface area contributed by atoms with Crippen LogP contribution in [-0.4, -0.2) is 43.5 Å². The average molecular weight is 290 g/mol. The molecule has 7 heteroatoms. The van der Waals surface area contributed by atoms with Crippen LogP contribution in [-0.2, 0) is 6.54 Å². The van der Waals surface area contributed by atoms with Gasteiger partial charge in [0.1, 0.15) is 0 Å². The van der Waals surface area contributed by atoms with E-state index in [-0.39, 0.29) is 17.8 Å². The number of hydrogen-bond donors (Lipinski definition) is 1. The molecular weight excluding hydrogens is 272 g/mol. The van der Waals surface area contributed by atoms with Crippen LogP contribution in [0.2, 0.25) is 0 Å². The van der Waals surface area contributed by atoms with Crippen LogP contribution in [0.15, 0.2) is 24.4 Å². The van der Waals surface area contributed by atoms with Crippen LogP contribution >= 0.6 is 0 Å². The number of aliphatic hydroxyl groups excluding tert-OH is 1. The molecule has 1 saturated heterocycles. The number of likely N-dealkylation sites (tertiary alicyclic amines) is 1. The number of pyridine rings is 1. The predicted molar refractivity (Wildman–Crippen MR) is 76.9 cm³/mol. The molecule has 0 aliphatic carbocycles. The van der Waals surface area contributed by atoms with Crippen LogP contribution in [0.3, 0.4) is 0 Å². The minimum absolute atomic E-state index is 0.0127. The lowest BCUT2D eigenvalue weighted by Crippen LogP contribution is -2.42. The van der Waals surface area contributed by atoms with Crippen LogP contribution in [0.25, 0.3) is 5.65 Å². The topological polar surface area (TPSA) is 83.9 Å². The number of nitrogens with zero attached hydrogens (tertiary/aromatic N) is 4. The van der Waals surface area contributed by atoms with Crippen LogP contribution in [0.4, 0.5) is 5.82 Å². The molecule has 2 atom stereocenters. The molecule has 0 radical (unpaired) electrons. The Kier molecular flexibility index (Phi) is 3.60. The lowest BCUT2D eigenvalue weighted by molar-refractivity contribution is -0.391. The highest BCUT2D eigenvalue weighted by molar-refractivity contribution is 5.48. The molecule has 1 N–H and O–H groups in total. The zero-order valence-corrected chi connectivity index (χ0v) is 11.8. The van der Waals surface area contributed by atoms with Crippen LogP contribution in [0.5, 0.6) is 0 Å². The Hall–Kier alpha value is -1.99. The molecule has 0 bridgehead atoms. The van der Waals surface area contributed by atoms with Crippen molar-refractivity contribution in [1.82, 2.24) is 14.3 Å². The summed E-state index contributed by atoms with van der Waals surface area (Å²) in [5, 5.41) is 21.3. The van der Waals surface area contributed by atoms with Gasteiger partial charge in [0.2, 0.25) is 5.65 Å². The van der Waals surface area contributed by atoms with Crippen molar-refractivity contribution in [3.63, 3.8) is 0 Å². The van der Waals surface area contributed by atoms with Gasteiger partial charge in [-0.25, -0.2) is 4.98 Å². The van der Waals surface area contributed by atoms with Crippen LogP contribution in [0, 0.1) is 16.0 Å². The normalized spacial score (nSPS) is 23.5. The SMILES string of the molecule is CC1CCN(Cc2nc3ccccn3c2[N+](=O)[O-])CC1O. The van der Waals surface area contributed by atoms with E-state index in [0.717, 1.165) is 13.0 Å². The summed E-state index contributed by atoms with van der Waals surface area (Å²) in [5.74, 6) is 0.288. The zero-order chi connectivity index (χ0) is 15.0. The molecule has 2 aromatic rings. The summed E-state index contributed by atoms with van der Waals surface area (Å²) in [5.41, 5.74) is 1.03. The van der Waals surface area contributed by atoms with Crippen LogP contribution in [0.1, 0.15) is 19.0 Å². The zero-order valence-electron chi connectivity index (χ0n) is 11.8. The van der Waals surface area contributed by atoms with E-state index in [9.17, 15) is 15.2 Å². The first-order valence-corrected chi connectivity index (χ1v) is 7.07. The highest BCUT2D eigenvalue weighted by Gasteiger charge is 2.28. The van der Waals surface area contributed by atoms with Gasteiger partial charge >= 0.3 is 5.82 Å². The summed E-state index contributed by atoms with van der Waals surface area (Å²) in [6.07, 6.45) is 2.16. The van der Waals surface area contributed by atoms with E-state index in [1.807, 2.05) is 17.9 Å². The van der Waals surface area contributed by atoms with Gasteiger partial charge in [-0.15, -0.1) is 0 Å². The van der Waals surface area contributed by atoms with E-state index >= 15 is 0 Å². The molecule has 0 amide bonds. The molecule has 3 rings (SSSR count). The van der Waals surface area contributed by atoms with Gasteiger partial charge in [0.25, 0.3) is 0 Å². The van der Waals surface area contributed by atoms with Crippen molar-refractivity contribution >= 4 is 11.5 Å². The largest absolute Gasteiger partial charge is 0.392 e. The number of aromatic nitrogens is 2. The fourth-order valence-corrected chi connectivity index (χ4v) is 2.80. The standard InChI is InChI=1S/C14H18N4O3/c1-10-5-7-16(9-12(10)19)8-11-14(18(20)21)17-6-3-2-4-13(17)15-11/h2-4,6,10,12,19H,5,7-9H2,1H3. The third-order valence-electron chi connectivity index (χ3n) is 4.12. The second kappa shape index (κ2) is 5.42. The maximum atomic E-state index is 11.3. The molecule has 21 heavy (non-hydrogen) atoms. The Labute approximate surface area is 122 Å². The first kappa shape index (κ1) is 14.0. The third kappa shape index (κ3) is 2.62. The molecule has 1 fully saturated rings. The molecule has 2 aromatic heterocycles. The molecule has 2 unspecified atom stereocenters. The van der Waals surface area contributed by atoms with E-state index in [4.69, 9.17) is 0 Å². The molecule has 0 saturated carbocycles. The fraction of sp³-hybridized carbons (Fsp3) is 0.500. The molecule has 112 valence electrons. The summed E-state index contributed by atoms with van der Waals surface area (Å²) in [7, 11) is 0. The van der Waals surface area contributed by atoms with E-state index in [1.54, 1.807) is 18.3 Å². The smallest absolute Gasteiger partial charge is 0.352 e. The van der Waals surface area contributed by atoms with Crippen molar-refractivity contribution in [3.8, 4) is 0 Å². The molecule has 0 aromatic carbocycles. The molecule has 3 heterocycles. The maximum absolute atomic E-state index is 11.3. The van der Waals surface area contributed by atoms with E-state index in [0.29, 0.717) is 24.4 Å². The van der Waals surface area contributed by atoms with E-state index in [2.05, 4.69) is 4.98 Å². The summed E-state index contributed by atoms with van der Waals surface area (Å²) in [6, 6.07) is 5.31. The Morgan fingerprint density at radius 2 is 2.33 bits per heavy atom. The van der Waals surface area contributed by atoms with Crippen molar-refractivity contribution < 1.29 is 10.0 Å². The van der Waals surface area contributed by atoms with E-state index in [1.165, 1.54) is 4.40 Å². The van der Waals surface area contributed by atoms with Crippen molar-refractivity contribution in [3.05, 3.63) is 40.2 Å². The van der Waals surface area contributed by atoms with Crippen molar-refractivity contribution in [2.24, 2.45) is 5.92 Å². The Bertz CT molecular complexity index is 669.